The number of carboxylic acid groups (broad SMARTS) is 2. The van der Waals surface area contributed by atoms with Gasteiger partial charge < -0.3 is 42.6 Å². The van der Waals surface area contributed by atoms with Crippen LogP contribution in [0.1, 0.15) is 27.7 Å². The molecule has 0 bridgehead atoms. The molecule has 0 aromatic carbocycles. The van der Waals surface area contributed by atoms with Gasteiger partial charge in [0.05, 0.1) is 5.41 Å². The maximum absolute atomic E-state index is 11.2. The van der Waals surface area contributed by atoms with E-state index in [0.717, 1.165) is 19.2 Å². The maximum Gasteiger partial charge on any atom is -0.693 e. The second-order valence-electron chi connectivity index (χ2n) is 5.01. The number of aliphatic hydroxyl groups is 1. The molecule has 0 aromatic heterocycles. The molecule has 156 valence electrons. The van der Waals surface area contributed by atoms with E-state index in [9.17, 15) is 14.7 Å². The third-order valence-corrected chi connectivity index (χ3v) is 3.03. The number of nitrogens with zero attached hydrogens (tertiary/aromatic N) is 1. The molecule has 0 saturated heterocycles. The van der Waals surface area contributed by atoms with Crippen molar-refractivity contribution in [2.24, 2.45) is 16.2 Å². The van der Waals surface area contributed by atoms with Crippen molar-refractivity contribution in [1.82, 2.24) is 0 Å². The number of halogens is 2. The molecule has 0 heterocycles. The summed E-state index contributed by atoms with van der Waals surface area (Å²) in [4.78, 5) is 34.0. The fourth-order valence-electron chi connectivity index (χ4n) is 1.72. The van der Waals surface area contributed by atoms with Crippen molar-refractivity contribution in [1.29, 1.82) is 0 Å². The fraction of sp³-hybridized carbons (Fsp3) is 0.700. The number of hydrogen-bond acceptors (Lipinski definition) is 8. The van der Waals surface area contributed by atoms with Gasteiger partial charge in [0.1, 0.15) is 0 Å². The van der Waals surface area contributed by atoms with Gasteiger partial charge >= 0.3 is 47.3 Å². The van der Waals surface area contributed by atoms with Crippen LogP contribution in [-0.4, -0.2) is 38.1 Å². The van der Waals surface area contributed by atoms with Gasteiger partial charge in [0.15, 0.2) is 5.60 Å². The summed E-state index contributed by atoms with van der Waals surface area (Å²) < 4.78 is 0. The number of hydrogen-bond donors (Lipinski definition) is 4. The minimum absolute atomic E-state index is 0. The van der Waals surface area contributed by atoms with Crippen molar-refractivity contribution in [3.05, 3.63) is 29.0 Å². The van der Waals surface area contributed by atoms with Crippen LogP contribution in [0, 0.1) is 27.6 Å². The van der Waals surface area contributed by atoms with E-state index in [4.69, 9.17) is 44.4 Å². The minimum atomic E-state index is -2.66. The van der Waals surface area contributed by atoms with Crippen LogP contribution in [0.3, 0.4) is 0 Å². The molecule has 25 heavy (non-hydrogen) atoms. The van der Waals surface area contributed by atoms with Gasteiger partial charge in [-0.15, -0.1) is 5.34 Å². The Morgan fingerprint density at radius 1 is 1.12 bits per heavy atom. The van der Waals surface area contributed by atoms with Crippen molar-refractivity contribution in [2.45, 2.75) is 33.3 Å². The Balaban J connectivity index is -0.000000145. The standard InChI is InChI=1S/C10H17O7.2ClH.HNO2.2H2N.Pt/c1-8(2,5-17-16)10(15,7(13)14)9(3,4)6(11)12;;;2-1-3;;;/h5,15-16H,1-4H3,(H,11,12)(H,13,14);2*1H;(H,2,3);2*1H2;/q-1;;;;2*-1;+4/p-3. The van der Waals surface area contributed by atoms with Crippen LogP contribution >= 0.6 is 18.8 Å². The Kier molecular flexibility index (Phi) is 22.2. The molecule has 0 fully saturated rings. The van der Waals surface area contributed by atoms with Gasteiger partial charge in [0, 0.05) is 0 Å². The van der Waals surface area contributed by atoms with Crippen LogP contribution < -0.4 is 0 Å². The van der Waals surface area contributed by atoms with Crippen LogP contribution in [0.2, 0.25) is 0 Å². The van der Waals surface area contributed by atoms with Crippen molar-refractivity contribution >= 4 is 30.8 Å². The van der Waals surface area contributed by atoms with Crippen LogP contribution in [0.5, 0.6) is 0 Å². The Hall–Kier alpha value is -0.592. The van der Waals surface area contributed by atoms with Crippen molar-refractivity contribution in [3.63, 3.8) is 0 Å². The predicted molar refractivity (Wildman–Crippen MR) is 87.2 cm³/mol. The molecular weight excluding hydrogens is 572 g/mol. The van der Waals surface area contributed by atoms with Crippen molar-refractivity contribution in [3.8, 4) is 0 Å². The third kappa shape index (κ3) is 9.61. The summed E-state index contributed by atoms with van der Waals surface area (Å²) in [6.07, 6.45) is 0. The van der Waals surface area contributed by atoms with E-state index < -0.39 is 44.9 Å². The molecule has 8 N–H and O–H groups in total. The number of nitrogens with two attached hydrogens (primary N) is 2. The summed E-state index contributed by atoms with van der Waals surface area (Å²) in [6, 6.07) is 0. The molecule has 0 aliphatic carbocycles. The quantitative estimate of drug-likeness (QED) is 0.152. The predicted octanol–water partition coefficient (Wildman–Crippen LogP) is 3.65. The van der Waals surface area contributed by atoms with E-state index >= 15 is 0 Å². The maximum atomic E-state index is 11.2. The Labute approximate surface area is 160 Å². The zero-order valence-corrected chi connectivity index (χ0v) is 17.4. The monoisotopic (exact) mass is 592 g/mol. The minimum Gasteiger partial charge on any atom is -0.693 e. The van der Waals surface area contributed by atoms with E-state index in [0.29, 0.717) is 6.61 Å². The molecule has 0 rings (SSSR count). The number of carboxylic acids is 2. The average molecular weight is 593 g/mol. The van der Waals surface area contributed by atoms with E-state index in [1.54, 1.807) is 0 Å². The molecule has 0 aliphatic rings. The van der Waals surface area contributed by atoms with Crippen LogP contribution in [0.25, 0.3) is 12.3 Å². The van der Waals surface area contributed by atoms with Crippen LogP contribution in [0.4, 0.5) is 0 Å². The number of rotatable bonds is 6. The summed E-state index contributed by atoms with van der Waals surface area (Å²) >= 11 is -0.472. The zero-order valence-electron chi connectivity index (χ0n) is 13.6. The van der Waals surface area contributed by atoms with Gasteiger partial charge in [-0.1, -0.05) is 19.3 Å². The molecule has 0 aromatic rings. The molecule has 0 radical (unpaired) electrons. The normalized spacial score (nSPS) is 12.5. The molecule has 0 amide bonds. The van der Waals surface area contributed by atoms with Gasteiger partial charge in [0.25, 0.3) is 0 Å². The Bertz CT molecular complexity index is 402. The van der Waals surface area contributed by atoms with E-state index in [-0.39, 0.29) is 12.3 Å². The van der Waals surface area contributed by atoms with Gasteiger partial charge in [-0.05, 0) is 13.8 Å². The fourth-order valence-corrected chi connectivity index (χ4v) is 1.72. The first kappa shape index (κ1) is 35.5. The molecule has 15 heteroatoms. The van der Waals surface area contributed by atoms with Gasteiger partial charge in [-0.2, -0.15) is 6.61 Å². The summed E-state index contributed by atoms with van der Waals surface area (Å²) in [5.41, 5.74) is -6.28. The van der Waals surface area contributed by atoms with Crippen molar-refractivity contribution in [2.75, 3.05) is 0 Å². The first-order valence-corrected chi connectivity index (χ1v) is 11.0. The van der Waals surface area contributed by atoms with Gasteiger partial charge in [0.2, 0.25) is 0 Å². The van der Waals surface area contributed by atoms with E-state index in [2.05, 4.69) is 4.89 Å². The topological polar surface area (TPSA) is 244 Å². The molecular formula is C10H21Cl2N3O9Pt-2. The summed E-state index contributed by atoms with van der Waals surface area (Å²) in [5.74, 6) is -3.20. The summed E-state index contributed by atoms with van der Waals surface area (Å²) in [7, 11) is 9.75. The van der Waals surface area contributed by atoms with Crippen LogP contribution in [-0.2, 0) is 31.0 Å². The number of aliphatic carboxylic acids is 2. The van der Waals surface area contributed by atoms with Crippen LogP contribution in [0.15, 0.2) is 5.34 Å². The molecule has 0 spiro atoms. The Morgan fingerprint density at radius 3 is 1.56 bits per heavy atom. The third-order valence-electron chi connectivity index (χ3n) is 3.03. The van der Waals surface area contributed by atoms with E-state index in [1.165, 1.54) is 13.8 Å². The smallest absolute Gasteiger partial charge is 0.693 e. The average Bonchev–Trinajstić information content (AvgIpc) is 2.38. The van der Waals surface area contributed by atoms with E-state index in [1.807, 2.05) is 0 Å². The second kappa shape index (κ2) is 15.6. The SMILES string of the molecule is CC(C)([CH-]OO)C(O)(C(=O)O)C(C)(C)C(=O)O.O=N[O-].[Cl][Pt+2][Cl].[NH2-].[NH2-]. The van der Waals surface area contributed by atoms with Gasteiger partial charge in [-0.25, -0.2) is 4.79 Å². The van der Waals surface area contributed by atoms with Crippen molar-refractivity contribution < 1.29 is 51.5 Å². The second-order valence-corrected chi connectivity index (χ2v) is 8.29. The molecule has 0 aliphatic heterocycles. The number of carbonyl (C=O) groups is 2. The Morgan fingerprint density at radius 2 is 1.40 bits per heavy atom. The molecule has 12 nitrogen and oxygen atoms in total. The first-order valence-electron chi connectivity index (χ1n) is 5.39. The summed E-state index contributed by atoms with van der Waals surface area (Å²) in [6.45, 7) is 5.31. The molecule has 0 saturated carbocycles. The zero-order chi connectivity index (χ0) is 19.5. The molecule has 1 unspecified atom stereocenters. The first-order chi connectivity index (χ1) is 10.3. The summed E-state index contributed by atoms with van der Waals surface area (Å²) in [5, 5.41) is 45.7. The van der Waals surface area contributed by atoms with Gasteiger partial charge in [-0.3, -0.25) is 10.1 Å². The largest absolute Gasteiger partial charge is 0.693 e. The molecule has 1 atom stereocenters.